The molecule has 0 atom stereocenters. The molecule has 1 aromatic carbocycles. The van der Waals surface area contributed by atoms with Gasteiger partial charge in [-0.05, 0) is 31.0 Å². The van der Waals surface area contributed by atoms with Crippen molar-refractivity contribution in [2.24, 2.45) is 0 Å². The number of rotatable bonds is 6. The second kappa shape index (κ2) is 8.90. The number of methoxy groups -OCH3 is 1. The Morgan fingerprint density at radius 1 is 1.13 bits per heavy atom. The highest BCUT2D eigenvalue weighted by Gasteiger charge is 2.32. The van der Waals surface area contributed by atoms with Gasteiger partial charge in [0.15, 0.2) is 0 Å². The van der Waals surface area contributed by atoms with E-state index in [2.05, 4.69) is 24.1 Å². The largest absolute Gasteiger partial charge is 0.495 e. The summed E-state index contributed by atoms with van der Waals surface area (Å²) in [5.74, 6) is 1.16. The molecule has 0 unspecified atom stereocenters. The number of thiophene rings is 1. The van der Waals surface area contributed by atoms with Gasteiger partial charge >= 0.3 is 0 Å². The van der Waals surface area contributed by atoms with Crippen LogP contribution in [0.2, 0.25) is 0 Å². The van der Waals surface area contributed by atoms with Crippen LogP contribution in [0.3, 0.4) is 0 Å². The van der Waals surface area contributed by atoms with Gasteiger partial charge in [0.25, 0.3) is 0 Å². The van der Waals surface area contributed by atoms with Gasteiger partial charge in [-0.2, -0.15) is 4.31 Å². The van der Waals surface area contributed by atoms with Crippen molar-refractivity contribution in [3.63, 3.8) is 0 Å². The Morgan fingerprint density at radius 2 is 1.84 bits per heavy atom. The maximum absolute atomic E-state index is 13.4. The standard InChI is InChI=1S/C22H27N3O3S3/c1-15(2)17-14-29-22(23-17)20-13-21(16(3)30-20)31(26,27)25-11-9-24(10-12-25)18-7-5-6-8-19(18)28-4/h5-8,13-15H,9-12H2,1-4H3. The Balaban J connectivity index is 1.52. The zero-order valence-electron chi connectivity index (χ0n) is 18.2. The predicted molar refractivity (Wildman–Crippen MR) is 128 cm³/mol. The molecule has 0 aliphatic carbocycles. The molecule has 0 bridgehead atoms. The summed E-state index contributed by atoms with van der Waals surface area (Å²) in [6.07, 6.45) is 0. The number of ether oxygens (including phenoxy) is 1. The van der Waals surface area contributed by atoms with E-state index >= 15 is 0 Å². The quantitative estimate of drug-likeness (QED) is 0.509. The number of hydrogen-bond donors (Lipinski definition) is 0. The number of hydrogen-bond acceptors (Lipinski definition) is 7. The Labute approximate surface area is 192 Å². The molecule has 0 saturated carbocycles. The average molecular weight is 478 g/mol. The van der Waals surface area contributed by atoms with Crippen molar-refractivity contribution in [1.29, 1.82) is 0 Å². The Kier molecular flexibility index (Phi) is 6.39. The Morgan fingerprint density at radius 3 is 2.48 bits per heavy atom. The summed E-state index contributed by atoms with van der Waals surface area (Å²) in [7, 11) is -1.89. The smallest absolute Gasteiger partial charge is 0.244 e. The van der Waals surface area contributed by atoms with Crippen molar-refractivity contribution in [1.82, 2.24) is 9.29 Å². The van der Waals surface area contributed by atoms with Crippen LogP contribution in [-0.2, 0) is 10.0 Å². The SMILES string of the molecule is COc1ccccc1N1CCN(S(=O)(=O)c2cc(-c3nc(C(C)C)cs3)sc2C)CC1. The highest BCUT2D eigenvalue weighted by Crippen LogP contribution is 2.37. The van der Waals surface area contributed by atoms with E-state index < -0.39 is 10.0 Å². The third-order valence-electron chi connectivity index (χ3n) is 5.48. The van der Waals surface area contributed by atoms with Crippen LogP contribution in [0.5, 0.6) is 5.75 Å². The van der Waals surface area contributed by atoms with Gasteiger partial charge < -0.3 is 9.64 Å². The summed E-state index contributed by atoms with van der Waals surface area (Å²) < 4.78 is 33.9. The number of sulfonamides is 1. The van der Waals surface area contributed by atoms with Crippen molar-refractivity contribution < 1.29 is 13.2 Å². The summed E-state index contributed by atoms with van der Waals surface area (Å²) in [5, 5.41) is 2.94. The van der Waals surface area contributed by atoms with E-state index in [1.54, 1.807) is 28.8 Å². The zero-order chi connectivity index (χ0) is 22.2. The fraction of sp³-hybridized carbons (Fsp3) is 0.409. The Hall–Kier alpha value is -1.94. The first-order chi connectivity index (χ1) is 14.8. The van der Waals surface area contributed by atoms with Crippen LogP contribution in [0.4, 0.5) is 5.69 Å². The Bertz CT molecular complexity index is 1160. The van der Waals surface area contributed by atoms with E-state index in [-0.39, 0.29) is 0 Å². The molecule has 0 amide bonds. The van der Waals surface area contributed by atoms with Crippen molar-refractivity contribution >= 4 is 38.4 Å². The molecular formula is C22H27N3O3S3. The molecule has 9 heteroatoms. The minimum Gasteiger partial charge on any atom is -0.495 e. The monoisotopic (exact) mass is 477 g/mol. The first-order valence-electron chi connectivity index (χ1n) is 10.3. The van der Waals surface area contributed by atoms with E-state index in [9.17, 15) is 8.42 Å². The lowest BCUT2D eigenvalue weighted by molar-refractivity contribution is 0.378. The zero-order valence-corrected chi connectivity index (χ0v) is 20.6. The van der Waals surface area contributed by atoms with E-state index in [1.807, 2.05) is 31.2 Å². The molecule has 3 heterocycles. The molecule has 2 aromatic heterocycles. The van der Waals surface area contributed by atoms with Gasteiger partial charge in [0.05, 0.1) is 28.3 Å². The minimum atomic E-state index is -3.55. The normalized spacial score (nSPS) is 15.6. The fourth-order valence-corrected chi connectivity index (χ4v) is 7.72. The maximum Gasteiger partial charge on any atom is 0.244 e. The molecule has 1 aliphatic heterocycles. The predicted octanol–water partition coefficient (Wildman–Crippen LogP) is 4.82. The summed E-state index contributed by atoms with van der Waals surface area (Å²) >= 11 is 3.07. The molecular weight excluding hydrogens is 450 g/mol. The van der Waals surface area contributed by atoms with E-state index in [0.29, 0.717) is 37.0 Å². The minimum absolute atomic E-state index is 0.355. The van der Waals surface area contributed by atoms with Crippen LogP contribution in [0, 0.1) is 6.92 Å². The summed E-state index contributed by atoms with van der Waals surface area (Å²) in [4.78, 5) is 9.00. The molecule has 0 spiro atoms. The van der Waals surface area contributed by atoms with Crippen LogP contribution < -0.4 is 9.64 Å². The number of aromatic nitrogens is 1. The third kappa shape index (κ3) is 4.37. The first-order valence-corrected chi connectivity index (χ1v) is 13.4. The molecule has 6 nitrogen and oxygen atoms in total. The number of piperazine rings is 1. The molecule has 31 heavy (non-hydrogen) atoms. The summed E-state index contributed by atoms with van der Waals surface area (Å²) in [6, 6.07) is 9.65. The number of aryl methyl sites for hydroxylation is 1. The first kappa shape index (κ1) is 22.3. The van der Waals surface area contributed by atoms with Crippen LogP contribution in [-0.4, -0.2) is 51.0 Å². The number of anilines is 1. The molecule has 4 rings (SSSR count). The fourth-order valence-electron chi connectivity index (χ4n) is 3.69. The molecule has 0 radical (unpaired) electrons. The topological polar surface area (TPSA) is 62.7 Å². The highest BCUT2D eigenvalue weighted by molar-refractivity contribution is 7.89. The lowest BCUT2D eigenvalue weighted by atomic mass is 10.2. The van der Waals surface area contributed by atoms with Gasteiger partial charge in [0.2, 0.25) is 10.0 Å². The van der Waals surface area contributed by atoms with Crippen LogP contribution in [0.25, 0.3) is 9.88 Å². The average Bonchev–Trinajstić information content (AvgIpc) is 3.41. The molecule has 1 saturated heterocycles. The summed E-state index contributed by atoms with van der Waals surface area (Å²) in [5.41, 5.74) is 2.05. The van der Waals surface area contributed by atoms with Crippen molar-refractivity contribution in [2.45, 2.75) is 31.6 Å². The number of para-hydroxylation sites is 2. The van der Waals surface area contributed by atoms with E-state index in [4.69, 9.17) is 9.72 Å². The van der Waals surface area contributed by atoms with Crippen LogP contribution in [0.1, 0.15) is 30.3 Å². The number of thiazole rings is 1. The molecule has 1 fully saturated rings. The van der Waals surface area contributed by atoms with Crippen molar-refractivity contribution in [3.8, 4) is 15.6 Å². The van der Waals surface area contributed by atoms with Crippen LogP contribution >= 0.6 is 22.7 Å². The van der Waals surface area contributed by atoms with Gasteiger partial charge in [-0.1, -0.05) is 26.0 Å². The number of nitrogens with zero attached hydrogens (tertiary/aromatic N) is 3. The number of benzene rings is 1. The van der Waals surface area contributed by atoms with Gasteiger partial charge in [-0.15, -0.1) is 22.7 Å². The van der Waals surface area contributed by atoms with Crippen LogP contribution in [0.15, 0.2) is 40.6 Å². The molecule has 166 valence electrons. The van der Waals surface area contributed by atoms with Crippen molar-refractivity contribution in [2.75, 3.05) is 38.2 Å². The molecule has 0 N–H and O–H groups in total. The highest BCUT2D eigenvalue weighted by atomic mass is 32.2. The van der Waals surface area contributed by atoms with Crippen molar-refractivity contribution in [3.05, 3.63) is 46.3 Å². The van der Waals surface area contributed by atoms with Gasteiger partial charge in [-0.25, -0.2) is 13.4 Å². The molecule has 1 aliphatic rings. The lowest BCUT2D eigenvalue weighted by Crippen LogP contribution is -2.48. The second-order valence-corrected chi connectivity index (χ2v) is 11.8. The lowest BCUT2D eigenvalue weighted by Gasteiger charge is -2.35. The van der Waals surface area contributed by atoms with E-state index in [1.165, 1.54) is 11.3 Å². The maximum atomic E-state index is 13.4. The molecule has 3 aromatic rings. The van der Waals surface area contributed by atoms with Gasteiger partial charge in [-0.3, -0.25) is 0 Å². The van der Waals surface area contributed by atoms with Gasteiger partial charge in [0, 0.05) is 36.4 Å². The third-order valence-corrected chi connectivity index (χ3v) is 9.71. The van der Waals surface area contributed by atoms with E-state index in [0.717, 1.165) is 31.9 Å². The summed E-state index contributed by atoms with van der Waals surface area (Å²) in [6.45, 7) is 8.24. The second-order valence-electron chi connectivity index (χ2n) is 7.83. The van der Waals surface area contributed by atoms with Gasteiger partial charge in [0.1, 0.15) is 10.8 Å².